The molecule has 0 amide bonds. The van der Waals surface area contributed by atoms with Crippen LogP contribution in [0.25, 0.3) is 17.3 Å². The lowest BCUT2D eigenvalue weighted by molar-refractivity contribution is -0.111. The summed E-state index contributed by atoms with van der Waals surface area (Å²) in [5.74, 6) is 1.12. The van der Waals surface area contributed by atoms with Crippen LogP contribution < -0.4 is 9.47 Å². The summed E-state index contributed by atoms with van der Waals surface area (Å²) in [5, 5.41) is 7.15. The van der Waals surface area contributed by atoms with E-state index in [9.17, 15) is 4.79 Å². The third-order valence-corrected chi connectivity index (χ3v) is 3.49. The molecule has 0 saturated heterocycles. The van der Waals surface area contributed by atoms with Gasteiger partial charge in [-0.15, -0.1) is 0 Å². The molecule has 0 radical (unpaired) electrons. The molecule has 0 bridgehead atoms. The molecule has 0 spiro atoms. The molecule has 1 heterocycles. The number of H-pyrrole nitrogens is 1. The van der Waals surface area contributed by atoms with Gasteiger partial charge in [-0.1, -0.05) is 45.2 Å². The fourth-order valence-electron chi connectivity index (χ4n) is 2.20. The van der Waals surface area contributed by atoms with E-state index in [1.54, 1.807) is 32.4 Å². The van der Waals surface area contributed by atoms with Crippen LogP contribution in [0.1, 0.15) is 19.5 Å². The summed E-state index contributed by atoms with van der Waals surface area (Å²) in [6, 6.07) is 7.39. The van der Waals surface area contributed by atoms with Gasteiger partial charge in [0, 0.05) is 11.1 Å². The van der Waals surface area contributed by atoms with Crippen LogP contribution in [0.15, 0.2) is 67.3 Å². The fourth-order valence-corrected chi connectivity index (χ4v) is 2.20. The first-order valence-corrected chi connectivity index (χ1v) is 8.58. The zero-order chi connectivity index (χ0) is 20.2. The van der Waals surface area contributed by atoms with E-state index in [1.165, 1.54) is 12.2 Å². The van der Waals surface area contributed by atoms with E-state index in [4.69, 9.17) is 9.47 Å². The van der Waals surface area contributed by atoms with Crippen molar-refractivity contribution < 1.29 is 14.3 Å². The summed E-state index contributed by atoms with van der Waals surface area (Å²) in [6.07, 6.45) is 7.79. The second kappa shape index (κ2) is 11.3. The number of ether oxygens (including phenoxy) is 2. The van der Waals surface area contributed by atoms with Crippen LogP contribution in [0, 0.1) is 0 Å². The number of benzene rings is 1. The van der Waals surface area contributed by atoms with E-state index in [2.05, 4.69) is 23.4 Å². The molecule has 1 aromatic heterocycles. The van der Waals surface area contributed by atoms with Gasteiger partial charge in [0.1, 0.15) is 0 Å². The number of aromatic nitrogens is 2. The largest absolute Gasteiger partial charge is 0.493 e. The minimum Gasteiger partial charge on any atom is -0.493 e. The number of carbonyl (C=O) groups excluding carboxylic acids is 1. The van der Waals surface area contributed by atoms with Crippen molar-refractivity contribution in [2.45, 2.75) is 13.8 Å². The number of nitrogens with zero attached hydrogens (tertiary/aromatic N) is 1. The van der Waals surface area contributed by atoms with Gasteiger partial charge in [-0.2, -0.15) is 5.10 Å². The number of carbonyl (C=O) groups is 1. The Hall–Kier alpha value is -3.34. The lowest BCUT2D eigenvalue weighted by Crippen LogP contribution is -1.94. The molecule has 0 aliphatic rings. The molecule has 27 heavy (non-hydrogen) atoms. The number of hydrogen-bond donors (Lipinski definition) is 1. The van der Waals surface area contributed by atoms with Gasteiger partial charge in [-0.25, -0.2) is 0 Å². The lowest BCUT2D eigenvalue weighted by Gasteiger charge is -2.08. The highest BCUT2D eigenvalue weighted by Crippen LogP contribution is 2.31. The molecule has 1 N–H and O–H groups in total. The van der Waals surface area contributed by atoms with Crippen LogP contribution in [-0.2, 0) is 4.79 Å². The Bertz CT molecular complexity index is 845. The summed E-state index contributed by atoms with van der Waals surface area (Å²) in [4.78, 5) is 12.0. The summed E-state index contributed by atoms with van der Waals surface area (Å²) in [7, 11) is 3.17. The average Bonchev–Trinajstić information content (AvgIpc) is 3.20. The quantitative estimate of drug-likeness (QED) is 0.527. The number of aromatic amines is 1. The van der Waals surface area contributed by atoms with E-state index in [0.717, 1.165) is 11.3 Å². The molecule has 0 fully saturated rings. The van der Waals surface area contributed by atoms with Crippen molar-refractivity contribution in [1.29, 1.82) is 0 Å². The van der Waals surface area contributed by atoms with Crippen LogP contribution in [0.4, 0.5) is 0 Å². The van der Waals surface area contributed by atoms with E-state index in [1.807, 2.05) is 38.1 Å². The normalized spacial score (nSPS) is 10.7. The van der Waals surface area contributed by atoms with Gasteiger partial charge in [-0.05, 0) is 36.4 Å². The Morgan fingerprint density at radius 3 is 2.41 bits per heavy atom. The van der Waals surface area contributed by atoms with Gasteiger partial charge < -0.3 is 9.47 Å². The Morgan fingerprint density at radius 1 is 1.11 bits per heavy atom. The molecule has 0 aliphatic heterocycles. The summed E-state index contributed by atoms with van der Waals surface area (Å²) in [6.45, 7) is 11.2. The van der Waals surface area contributed by atoms with Gasteiger partial charge >= 0.3 is 0 Å². The van der Waals surface area contributed by atoms with Crippen molar-refractivity contribution >= 4 is 11.9 Å². The van der Waals surface area contributed by atoms with Gasteiger partial charge in [-0.3, -0.25) is 9.89 Å². The SMILES string of the molecule is C=C/C=C(\C=C)C(=O)/C=C/c1cc(-c2ccc(OC)c(OC)c2)n[nH]1.CC. The molecule has 5 heteroatoms. The van der Waals surface area contributed by atoms with Crippen molar-refractivity contribution in [2.24, 2.45) is 0 Å². The summed E-state index contributed by atoms with van der Waals surface area (Å²) < 4.78 is 10.5. The number of nitrogens with one attached hydrogen (secondary N) is 1. The molecule has 2 aromatic rings. The van der Waals surface area contributed by atoms with Crippen LogP contribution in [0.3, 0.4) is 0 Å². The van der Waals surface area contributed by atoms with Gasteiger partial charge in [0.05, 0.1) is 25.6 Å². The average molecular weight is 366 g/mol. The highest BCUT2D eigenvalue weighted by molar-refractivity contribution is 6.08. The monoisotopic (exact) mass is 366 g/mol. The lowest BCUT2D eigenvalue weighted by atomic mass is 10.1. The maximum atomic E-state index is 12.0. The van der Waals surface area contributed by atoms with Crippen molar-refractivity contribution in [1.82, 2.24) is 10.2 Å². The summed E-state index contributed by atoms with van der Waals surface area (Å²) in [5.41, 5.74) is 2.79. The zero-order valence-electron chi connectivity index (χ0n) is 16.3. The zero-order valence-corrected chi connectivity index (χ0v) is 16.3. The third-order valence-electron chi connectivity index (χ3n) is 3.49. The van der Waals surface area contributed by atoms with E-state index in [-0.39, 0.29) is 5.78 Å². The standard InChI is InChI=1S/C20H20N2O3.C2H6/c1-5-7-14(6-2)18(23)10-9-16-13-17(22-21-16)15-8-11-19(24-3)20(12-15)25-4;1-2/h5-13H,1-2H2,3-4H3,(H,21,22);1-2H3/b10-9+,14-7+;. The van der Waals surface area contributed by atoms with E-state index < -0.39 is 0 Å². The molecule has 0 saturated carbocycles. The molecule has 0 aliphatic carbocycles. The minimum atomic E-state index is -0.155. The number of methoxy groups -OCH3 is 2. The number of ketones is 1. The molecule has 0 atom stereocenters. The Morgan fingerprint density at radius 2 is 1.81 bits per heavy atom. The first-order valence-electron chi connectivity index (χ1n) is 8.58. The first-order chi connectivity index (χ1) is 13.1. The van der Waals surface area contributed by atoms with Gasteiger partial charge in [0.2, 0.25) is 0 Å². The van der Waals surface area contributed by atoms with Crippen LogP contribution >= 0.6 is 0 Å². The van der Waals surface area contributed by atoms with Crippen LogP contribution in [-0.4, -0.2) is 30.2 Å². The van der Waals surface area contributed by atoms with Crippen molar-refractivity contribution in [3.8, 4) is 22.8 Å². The Labute approximate surface area is 160 Å². The number of rotatable bonds is 8. The Balaban J connectivity index is 0.00000176. The number of hydrogen-bond acceptors (Lipinski definition) is 4. The van der Waals surface area contributed by atoms with E-state index in [0.29, 0.717) is 22.8 Å². The minimum absolute atomic E-state index is 0.155. The molecular formula is C22H26N2O3. The molecular weight excluding hydrogens is 340 g/mol. The first kappa shape index (κ1) is 21.7. The van der Waals surface area contributed by atoms with Crippen molar-refractivity contribution in [2.75, 3.05) is 14.2 Å². The predicted octanol–water partition coefficient (Wildman–Crippen LogP) is 5.00. The topological polar surface area (TPSA) is 64.2 Å². The van der Waals surface area contributed by atoms with Crippen LogP contribution in [0.5, 0.6) is 11.5 Å². The fraction of sp³-hybridized carbons (Fsp3) is 0.182. The van der Waals surface area contributed by atoms with E-state index >= 15 is 0 Å². The highest BCUT2D eigenvalue weighted by Gasteiger charge is 2.09. The molecule has 142 valence electrons. The molecule has 5 nitrogen and oxygen atoms in total. The second-order valence-electron chi connectivity index (χ2n) is 5.04. The van der Waals surface area contributed by atoms with Crippen molar-refractivity contribution in [3.63, 3.8) is 0 Å². The maximum Gasteiger partial charge on any atom is 0.185 e. The molecule has 0 unspecified atom stereocenters. The highest BCUT2D eigenvalue weighted by atomic mass is 16.5. The smallest absolute Gasteiger partial charge is 0.185 e. The number of allylic oxidation sites excluding steroid dienone is 5. The van der Waals surface area contributed by atoms with Crippen LogP contribution in [0.2, 0.25) is 0 Å². The Kier molecular flexibility index (Phi) is 9.09. The van der Waals surface area contributed by atoms with Gasteiger partial charge in [0.15, 0.2) is 17.3 Å². The van der Waals surface area contributed by atoms with Crippen molar-refractivity contribution in [3.05, 3.63) is 73.0 Å². The summed E-state index contributed by atoms with van der Waals surface area (Å²) >= 11 is 0. The second-order valence-corrected chi connectivity index (χ2v) is 5.04. The van der Waals surface area contributed by atoms with Gasteiger partial charge in [0.25, 0.3) is 0 Å². The maximum absolute atomic E-state index is 12.0. The molecule has 2 rings (SSSR count). The molecule has 1 aromatic carbocycles. The third kappa shape index (κ3) is 5.85. The predicted molar refractivity (Wildman–Crippen MR) is 111 cm³/mol.